The number of nitrogens with zero attached hydrogens (tertiary/aromatic N) is 1. The van der Waals surface area contributed by atoms with Gasteiger partial charge in [-0.05, 0) is 30.3 Å². The van der Waals surface area contributed by atoms with Crippen LogP contribution in [0.3, 0.4) is 0 Å². The van der Waals surface area contributed by atoms with E-state index in [4.69, 9.17) is 23.2 Å². The van der Waals surface area contributed by atoms with Gasteiger partial charge in [0.25, 0.3) is 0 Å². The summed E-state index contributed by atoms with van der Waals surface area (Å²) < 4.78 is 24.2. The molecule has 3 nitrogen and oxygen atoms in total. The lowest BCUT2D eigenvalue weighted by atomic mass is 10.3. The molecule has 0 aliphatic carbocycles. The van der Waals surface area contributed by atoms with E-state index in [2.05, 4.69) is 4.98 Å². The van der Waals surface area contributed by atoms with Gasteiger partial charge in [0.2, 0.25) is 9.84 Å². The van der Waals surface area contributed by atoms with E-state index in [0.717, 1.165) is 5.41 Å². The molecule has 1 aromatic carbocycles. The monoisotopic (exact) mass is 313 g/mol. The first-order chi connectivity index (χ1) is 9.00. The summed E-state index contributed by atoms with van der Waals surface area (Å²) in [6, 6.07) is 9.55. The van der Waals surface area contributed by atoms with Crippen molar-refractivity contribution in [2.45, 2.75) is 4.90 Å². The summed E-state index contributed by atoms with van der Waals surface area (Å²) in [5.74, 6) is 0. The number of hydrogen-bond donors (Lipinski definition) is 0. The molecule has 0 radical (unpaired) electrons. The second kappa shape index (κ2) is 5.74. The van der Waals surface area contributed by atoms with Gasteiger partial charge in [0, 0.05) is 11.6 Å². The van der Waals surface area contributed by atoms with Crippen molar-refractivity contribution in [1.29, 1.82) is 0 Å². The lowest BCUT2D eigenvalue weighted by Crippen LogP contribution is -1.97. The van der Waals surface area contributed by atoms with Crippen LogP contribution in [0.25, 0.3) is 6.08 Å². The van der Waals surface area contributed by atoms with Crippen LogP contribution >= 0.6 is 23.2 Å². The minimum absolute atomic E-state index is 0.0555. The number of benzene rings is 1. The number of hydrogen-bond acceptors (Lipinski definition) is 3. The van der Waals surface area contributed by atoms with Crippen molar-refractivity contribution in [2.24, 2.45) is 0 Å². The SMILES string of the molecule is O=S(=O)(/C=C/c1ncccc1Cl)c1ccccc1Cl. The van der Waals surface area contributed by atoms with Crippen molar-refractivity contribution in [3.63, 3.8) is 0 Å². The molecule has 0 atom stereocenters. The fourth-order valence-electron chi connectivity index (χ4n) is 1.42. The maximum Gasteiger partial charge on any atom is 0.201 e. The maximum absolute atomic E-state index is 12.1. The van der Waals surface area contributed by atoms with E-state index in [1.54, 1.807) is 24.3 Å². The van der Waals surface area contributed by atoms with Gasteiger partial charge in [-0.15, -0.1) is 0 Å². The highest BCUT2D eigenvalue weighted by molar-refractivity contribution is 7.94. The van der Waals surface area contributed by atoms with Crippen molar-refractivity contribution in [1.82, 2.24) is 4.98 Å². The van der Waals surface area contributed by atoms with Crippen LogP contribution in [0.5, 0.6) is 0 Å². The molecule has 0 saturated carbocycles. The van der Waals surface area contributed by atoms with Crippen molar-refractivity contribution < 1.29 is 8.42 Å². The number of rotatable bonds is 3. The van der Waals surface area contributed by atoms with Crippen molar-refractivity contribution in [2.75, 3.05) is 0 Å². The van der Waals surface area contributed by atoms with Crippen LogP contribution in [0.2, 0.25) is 10.0 Å². The Hall–Kier alpha value is -1.36. The molecular formula is C13H9Cl2NO2S. The van der Waals surface area contributed by atoms with Gasteiger partial charge in [-0.2, -0.15) is 0 Å². The van der Waals surface area contributed by atoms with E-state index >= 15 is 0 Å². The van der Waals surface area contributed by atoms with Crippen LogP contribution in [-0.4, -0.2) is 13.4 Å². The quantitative estimate of drug-likeness (QED) is 0.865. The molecule has 0 unspecified atom stereocenters. The normalized spacial score (nSPS) is 11.9. The number of sulfone groups is 1. The predicted octanol–water partition coefficient (Wildman–Crippen LogP) is 3.83. The number of pyridine rings is 1. The Balaban J connectivity index is 2.38. The Morgan fingerprint density at radius 1 is 1.00 bits per heavy atom. The summed E-state index contributed by atoms with van der Waals surface area (Å²) in [6.45, 7) is 0. The van der Waals surface area contributed by atoms with E-state index in [0.29, 0.717) is 10.7 Å². The van der Waals surface area contributed by atoms with Crippen molar-refractivity contribution in [3.05, 3.63) is 63.7 Å². The van der Waals surface area contributed by atoms with Gasteiger partial charge in [-0.25, -0.2) is 8.42 Å². The largest absolute Gasteiger partial charge is 0.255 e. The van der Waals surface area contributed by atoms with Gasteiger partial charge in [0.05, 0.1) is 20.6 Å². The van der Waals surface area contributed by atoms with Crippen LogP contribution in [-0.2, 0) is 9.84 Å². The molecule has 19 heavy (non-hydrogen) atoms. The van der Waals surface area contributed by atoms with Gasteiger partial charge < -0.3 is 0 Å². The molecule has 0 N–H and O–H groups in total. The van der Waals surface area contributed by atoms with E-state index in [-0.39, 0.29) is 9.92 Å². The van der Waals surface area contributed by atoms with Gasteiger partial charge >= 0.3 is 0 Å². The lowest BCUT2D eigenvalue weighted by molar-refractivity contribution is 0.605. The van der Waals surface area contributed by atoms with E-state index in [9.17, 15) is 8.42 Å². The van der Waals surface area contributed by atoms with E-state index in [1.165, 1.54) is 24.4 Å². The smallest absolute Gasteiger partial charge is 0.201 e. The molecule has 1 heterocycles. The molecule has 0 bridgehead atoms. The average Bonchev–Trinajstić information content (AvgIpc) is 2.38. The molecule has 2 rings (SSSR count). The van der Waals surface area contributed by atoms with Gasteiger partial charge in [-0.1, -0.05) is 35.3 Å². The summed E-state index contributed by atoms with van der Waals surface area (Å²) in [4.78, 5) is 4.04. The Morgan fingerprint density at radius 2 is 1.68 bits per heavy atom. The third kappa shape index (κ3) is 3.35. The zero-order valence-corrected chi connectivity index (χ0v) is 12.0. The summed E-state index contributed by atoms with van der Waals surface area (Å²) in [6.07, 6.45) is 2.88. The Kier molecular flexibility index (Phi) is 4.24. The Morgan fingerprint density at radius 3 is 2.37 bits per heavy atom. The highest BCUT2D eigenvalue weighted by Crippen LogP contribution is 2.23. The molecule has 0 fully saturated rings. The van der Waals surface area contributed by atoms with Crippen molar-refractivity contribution >= 4 is 39.1 Å². The molecule has 0 aliphatic rings. The molecule has 0 spiro atoms. The molecular weight excluding hydrogens is 305 g/mol. The standard InChI is InChI=1S/C13H9Cl2NO2S/c14-10-5-3-8-16-12(10)7-9-19(17,18)13-6-2-1-4-11(13)15/h1-9H/b9-7+. The summed E-state index contributed by atoms with van der Waals surface area (Å²) >= 11 is 11.8. The summed E-state index contributed by atoms with van der Waals surface area (Å²) in [7, 11) is -3.62. The molecule has 6 heteroatoms. The summed E-state index contributed by atoms with van der Waals surface area (Å²) in [5, 5.41) is 1.61. The second-order valence-corrected chi connectivity index (χ2v) is 6.27. The topological polar surface area (TPSA) is 47.0 Å². The molecule has 0 aliphatic heterocycles. The van der Waals surface area contributed by atoms with Crippen LogP contribution in [0.1, 0.15) is 5.69 Å². The highest BCUT2D eigenvalue weighted by atomic mass is 35.5. The number of aromatic nitrogens is 1. The Labute approximate surface area is 121 Å². The Bertz CT molecular complexity index is 727. The first-order valence-corrected chi connectivity index (χ1v) is 7.59. The van der Waals surface area contributed by atoms with E-state index in [1.807, 2.05) is 0 Å². The third-order valence-corrected chi connectivity index (χ3v) is 4.56. The predicted molar refractivity (Wildman–Crippen MR) is 76.9 cm³/mol. The van der Waals surface area contributed by atoms with Gasteiger partial charge in [-0.3, -0.25) is 4.98 Å². The number of halogens is 2. The zero-order chi connectivity index (χ0) is 13.9. The van der Waals surface area contributed by atoms with Gasteiger partial charge in [0.1, 0.15) is 0 Å². The average molecular weight is 314 g/mol. The minimum Gasteiger partial charge on any atom is -0.255 e. The van der Waals surface area contributed by atoms with E-state index < -0.39 is 9.84 Å². The first kappa shape index (κ1) is 14.1. The molecule has 0 saturated heterocycles. The molecule has 1 aromatic heterocycles. The second-order valence-electron chi connectivity index (χ2n) is 3.65. The fourth-order valence-corrected chi connectivity index (χ4v) is 3.13. The van der Waals surface area contributed by atoms with Gasteiger partial charge in [0.15, 0.2) is 0 Å². The van der Waals surface area contributed by atoms with Crippen LogP contribution in [0.15, 0.2) is 52.9 Å². The van der Waals surface area contributed by atoms with Crippen LogP contribution in [0, 0.1) is 0 Å². The molecule has 98 valence electrons. The molecule has 0 amide bonds. The highest BCUT2D eigenvalue weighted by Gasteiger charge is 2.14. The minimum atomic E-state index is -3.62. The third-order valence-electron chi connectivity index (χ3n) is 2.34. The lowest BCUT2D eigenvalue weighted by Gasteiger charge is -2.01. The fraction of sp³-hybridized carbons (Fsp3) is 0. The summed E-state index contributed by atoms with van der Waals surface area (Å²) in [5.41, 5.74) is 0.389. The first-order valence-electron chi connectivity index (χ1n) is 5.29. The van der Waals surface area contributed by atoms with Crippen LogP contribution in [0.4, 0.5) is 0 Å². The van der Waals surface area contributed by atoms with Crippen molar-refractivity contribution in [3.8, 4) is 0 Å². The zero-order valence-electron chi connectivity index (χ0n) is 9.62. The van der Waals surface area contributed by atoms with Crippen LogP contribution < -0.4 is 0 Å². The maximum atomic E-state index is 12.1. The molecule has 2 aromatic rings.